The zero-order chi connectivity index (χ0) is 21.8. The molecule has 3 N–H and O–H groups in total. The molecule has 1 saturated carbocycles. The summed E-state index contributed by atoms with van der Waals surface area (Å²) in [5.74, 6) is -0.368. The van der Waals surface area contributed by atoms with E-state index in [1.165, 1.54) is 4.90 Å². The van der Waals surface area contributed by atoms with Crippen molar-refractivity contribution < 1.29 is 22.8 Å². The third kappa shape index (κ3) is 5.10. The van der Waals surface area contributed by atoms with Crippen molar-refractivity contribution >= 4 is 39.2 Å². The van der Waals surface area contributed by atoms with E-state index in [4.69, 9.17) is 0 Å². The van der Waals surface area contributed by atoms with Gasteiger partial charge in [0.05, 0.1) is 5.75 Å². The van der Waals surface area contributed by atoms with E-state index in [-0.39, 0.29) is 36.6 Å². The fourth-order valence-corrected chi connectivity index (χ4v) is 5.07. The average molecular weight is 437 g/mol. The van der Waals surface area contributed by atoms with Crippen LogP contribution < -0.4 is 15.4 Å². The number of rotatable bonds is 9. The number of anilines is 2. The summed E-state index contributed by atoms with van der Waals surface area (Å²) in [7, 11) is -3.36. The normalized spacial score (nSPS) is 18.0. The van der Waals surface area contributed by atoms with E-state index in [9.17, 15) is 22.8 Å². The number of hydrogen-bond acceptors (Lipinski definition) is 5. The molecule has 1 heterocycles. The van der Waals surface area contributed by atoms with Crippen LogP contribution in [0.15, 0.2) is 24.3 Å². The van der Waals surface area contributed by atoms with Crippen LogP contribution in [-0.2, 0) is 19.6 Å². The summed E-state index contributed by atoms with van der Waals surface area (Å²) in [6.45, 7) is 1.99. The van der Waals surface area contributed by atoms with Crippen LogP contribution in [0.1, 0.15) is 51.9 Å². The van der Waals surface area contributed by atoms with E-state index in [0.717, 1.165) is 12.8 Å². The Bertz CT molecular complexity index is 908. The second-order valence-corrected chi connectivity index (χ2v) is 9.67. The van der Waals surface area contributed by atoms with E-state index in [2.05, 4.69) is 15.4 Å². The van der Waals surface area contributed by atoms with Gasteiger partial charge >= 0.3 is 6.03 Å². The minimum Gasteiger partial charge on any atom is -0.326 e. The molecule has 9 nitrogen and oxygen atoms in total. The molecule has 1 aliphatic carbocycles. The van der Waals surface area contributed by atoms with Gasteiger partial charge in [0, 0.05) is 24.3 Å². The molecule has 0 radical (unpaired) electrons. The first-order valence-electron chi connectivity index (χ1n) is 10.3. The number of amides is 4. The quantitative estimate of drug-likeness (QED) is 0.513. The highest BCUT2D eigenvalue weighted by Gasteiger charge is 2.51. The molecule has 1 aromatic carbocycles. The van der Waals surface area contributed by atoms with Crippen LogP contribution >= 0.6 is 0 Å². The Hall–Kier alpha value is -2.62. The molecular weight excluding hydrogens is 408 g/mol. The first-order valence-corrected chi connectivity index (χ1v) is 11.9. The standard InChI is InChI=1S/C20H28N4O5S/c1-2-14-30(28,29)23-16-9-7-15(8-10-16)21-17(25)6-5-13-24-18(26)20(22-19(24)27)11-3-4-12-20/h7-10,23H,2-6,11-14H2,1H3,(H,21,25)(H,22,27). The third-order valence-electron chi connectivity index (χ3n) is 5.40. The molecule has 1 aromatic rings. The van der Waals surface area contributed by atoms with E-state index in [1.807, 2.05) is 0 Å². The number of nitrogens with one attached hydrogen (secondary N) is 3. The number of nitrogens with zero attached hydrogens (tertiary/aromatic N) is 1. The number of urea groups is 1. The second-order valence-electron chi connectivity index (χ2n) is 7.83. The molecule has 0 atom stereocenters. The zero-order valence-corrected chi connectivity index (χ0v) is 17.9. The first-order chi connectivity index (χ1) is 14.2. The topological polar surface area (TPSA) is 125 Å². The number of benzene rings is 1. The highest BCUT2D eigenvalue weighted by atomic mass is 32.2. The SMILES string of the molecule is CCCS(=O)(=O)Nc1ccc(NC(=O)CCCN2C(=O)NC3(CCCC3)C2=O)cc1. The number of hydrogen-bond donors (Lipinski definition) is 3. The van der Waals surface area contributed by atoms with E-state index >= 15 is 0 Å². The maximum absolute atomic E-state index is 12.6. The molecule has 3 rings (SSSR count). The van der Waals surface area contributed by atoms with Crippen LogP contribution in [0.2, 0.25) is 0 Å². The maximum Gasteiger partial charge on any atom is 0.325 e. The van der Waals surface area contributed by atoms with Gasteiger partial charge in [0.15, 0.2) is 0 Å². The van der Waals surface area contributed by atoms with Gasteiger partial charge in [-0.3, -0.25) is 19.2 Å². The molecule has 164 valence electrons. The highest BCUT2D eigenvalue weighted by Crippen LogP contribution is 2.35. The Morgan fingerprint density at radius 3 is 2.40 bits per heavy atom. The predicted molar refractivity (Wildman–Crippen MR) is 113 cm³/mol. The number of carbonyl (C=O) groups is 3. The molecule has 4 amide bonds. The van der Waals surface area contributed by atoms with Gasteiger partial charge in [-0.25, -0.2) is 13.2 Å². The Balaban J connectivity index is 1.45. The molecule has 30 heavy (non-hydrogen) atoms. The summed E-state index contributed by atoms with van der Waals surface area (Å²) < 4.78 is 26.0. The molecule has 0 bridgehead atoms. The number of imide groups is 1. The largest absolute Gasteiger partial charge is 0.326 e. The lowest BCUT2D eigenvalue weighted by Gasteiger charge is -2.19. The van der Waals surface area contributed by atoms with Gasteiger partial charge in [-0.15, -0.1) is 0 Å². The predicted octanol–water partition coefficient (Wildman–Crippen LogP) is 2.42. The van der Waals surface area contributed by atoms with Crippen molar-refractivity contribution in [2.24, 2.45) is 0 Å². The minimum absolute atomic E-state index is 0.0458. The van der Waals surface area contributed by atoms with Crippen LogP contribution in [0.4, 0.5) is 16.2 Å². The summed E-state index contributed by atoms with van der Waals surface area (Å²) in [5.41, 5.74) is 0.249. The monoisotopic (exact) mass is 436 g/mol. The minimum atomic E-state index is -3.36. The molecule has 1 spiro atoms. The fraction of sp³-hybridized carbons (Fsp3) is 0.550. The van der Waals surface area contributed by atoms with Crippen molar-refractivity contribution in [1.29, 1.82) is 0 Å². The van der Waals surface area contributed by atoms with Crippen molar-refractivity contribution in [2.75, 3.05) is 22.3 Å². The van der Waals surface area contributed by atoms with Gasteiger partial charge < -0.3 is 10.6 Å². The van der Waals surface area contributed by atoms with Crippen LogP contribution in [0.25, 0.3) is 0 Å². The lowest BCUT2D eigenvalue weighted by Crippen LogP contribution is -2.44. The Labute approximate surface area is 176 Å². The van der Waals surface area contributed by atoms with Gasteiger partial charge in [0.25, 0.3) is 5.91 Å². The molecular formula is C20H28N4O5S. The molecule has 2 fully saturated rings. The zero-order valence-electron chi connectivity index (χ0n) is 17.1. The van der Waals surface area contributed by atoms with Gasteiger partial charge in [-0.2, -0.15) is 0 Å². The first kappa shape index (κ1) is 22.1. The van der Waals surface area contributed by atoms with Gasteiger partial charge in [0.2, 0.25) is 15.9 Å². The van der Waals surface area contributed by atoms with Crippen LogP contribution in [0.3, 0.4) is 0 Å². The maximum atomic E-state index is 12.6. The van der Waals surface area contributed by atoms with Gasteiger partial charge in [-0.05, 0) is 49.9 Å². The second kappa shape index (κ2) is 9.03. The number of sulfonamides is 1. The van der Waals surface area contributed by atoms with E-state index < -0.39 is 15.6 Å². The summed E-state index contributed by atoms with van der Waals surface area (Å²) in [5, 5.41) is 5.56. The summed E-state index contributed by atoms with van der Waals surface area (Å²) in [4.78, 5) is 38.1. The van der Waals surface area contributed by atoms with Crippen LogP contribution in [0, 0.1) is 0 Å². The summed E-state index contributed by atoms with van der Waals surface area (Å²) in [6.07, 6.45) is 4.28. The van der Waals surface area contributed by atoms with E-state index in [1.54, 1.807) is 31.2 Å². The summed E-state index contributed by atoms with van der Waals surface area (Å²) in [6, 6.07) is 6.02. The van der Waals surface area contributed by atoms with Crippen molar-refractivity contribution in [3.63, 3.8) is 0 Å². The van der Waals surface area contributed by atoms with Crippen molar-refractivity contribution in [1.82, 2.24) is 10.2 Å². The molecule has 2 aliphatic rings. The van der Waals surface area contributed by atoms with Crippen LogP contribution in [0.5, 0.6) is 0 Å². The van der Waals surface area contributed by atoms with Crippen molar-refractivity contribution in [3.05, 3.63) is 24.3 Å². The summed E-state index contributed by atoms with van der Waals surface area (Å²) >= 11 is 0. The van der Waals surface area contributed by atoms with Crippen LogP contribution in [-0.4, -0.2) is 49.0 Å². The Morgan fingerprint density at radius 1 is 1.13 bits per heavy atom. The third-order valence-corrected chi connectivity index (χ3v) is 6.90. The molecule has 0 unspecified atom stereocenters. The average Bonchev–Trinajstić information content (AvgIpc) is 3.23. The number of carbonyl (C=O) groups excluding carboxylic acids is 3. The van der Waals surface area contributed by atoms with Gasteiger partial charge in [0.1, 0.15) is 5.54 Å². The Morgan fingerprint density at radius 2 is 1.77 bits per heavy atom. The highest BCUT2D eigenvalue weighted by molar-refractivity contribution is 7.92. The molecule has 10 heteroatoms. The molecule has 1 aliphatic heterocycles. The van der Waals surface area contributed by atoms with Crippen molar-refractivity contribution in [2.45, 2.75) is 57.4 Å². The van der Waals surface area contributed by atoms with Gasteiger partial charge in [-0.1, -0.05) is 19.8 Å². The lowest BCUT2D eigenvalue weighted by atomic mass is 9.98. The molecule has 0 aromatic heterocycles. The molecule has 1 saturated heterocycles. The lowest BCUT2D eigenvalue weighted by molar-refractivity contribution is -0.131. The fourth-order valence-electron chi connectivity index (χ4n) is 3.94. The van der Waals surface area contributed by atoms with E-state index in [0.29, 0.717) is 37.1 Å². The Kier molecular flexibility index (Phi) is 6.64. The van der Waals surface area contributed by atoms with Crippen molar-refractivity contribution in [3.8, 4) is 0 Å². The smallest absolute Gasteiger partial charge is 0.325 e.